The number of aliphatic imine (C=N–C) groups is 1. The van der Waals surface area contributed by atoms with Crippen molar-refractivity contribution in [3.8, 4) is 0 Å². The summed E-state index contributed by atoms with van der Waals surface area (Å²) >= 11 is 0. The first kappa shape index (κ1) is 20.4. The molecule has 1 saturated heterocycles. The first-order valence-electron chi connectivity index (χ1n) is 10.3. The highest BCUT2D eigenvalue weighted by atomic mass is 15.3. The monoisotopic (exact) mass is 379 g/mol. The highest BCUT2D eigenvalue weighted by Gasteiger charge is 2.16. The van der Waals surface area contributed by atoms with E-state index in [1.165, 1.54) is 17.5 Å². The molecule has 0 aliphatic carbocycles. The Morgan fingerprint density at radius 3 is 2.46 bits per heavy atom. The molecule has 28 heavy (non-hydrogen) atoms. The largest absolute Gasteiger partial charge is 0.370 e. The Balaban J connectivity index is 1.27. The molecule has 1 aliphatic heterocycles. The number of nitrogens with zero attached hydrogens (tertiary/aromatic N) is 3. The third kappa shape index (κ3) is 6.98. The number of unbranched alkanes of at least 4 members (excludes halogenated alkanes) is 1. The first-order valence-corrected chi connectivity index (χ1v) is 10.3. The number of rotatable bonds is 8. The molecule has 0 radical (unpaired) electrons. The van der Waals surface area contributed by atoms with Gasteiger partial charge in [0.2, 0.25) is 0 Å². The van der Waals surface area contributed by atoms with Crippen molar-refractivity contribution >= 4 is 11.6 Å². The average molecular weight is 380 g/mol. The van der Waals surface area contributed by atoms with E-state index in [0.717, 1.165) is 57.9 Å². The zero-order chi connectivity index (χ0) is 19.6. The minimum absolute atomic E-state index is 0.500. The van der Waals surface area contributed by atoms with Crippen LogP contribution in [0.15, 0.2) is 59.6 Å². The maximum absolute atomic E-state index is 5.98. The van der Waals surface area contributed by atoms with Gasteiger partial charge in [0.25, 0.3) is 0 Å². The lowest BCUT2D eigenvalue weighted by Gasteiger charge is -2.34. The van der Waals surface area contributed by atoms with Crippen LogP contribution >= 0.6 is 0 Å². The summed E-state index contributed by atoms with van der Waals surface area (Å²) in [7, 11) is 0. The maximum atomic E-state index is 5.98. The second-order valence-electron chi connectivity index (χ2n) is 7.57. The lowest BCUT2D eigenvalue weighted by molar-refractivity contribution is 0.126. The van der Waals surface area contributed by atoms with Gasteiger partial charge in [0, 0.05) is 45.0 Å². The second kappa shape index (κ2) is 10.8. The number of anilines is 1. The molecule has 0 saturated carbocycles. The molecule has 0 bridgehead atoms. The maximum Gasteiger partial charge on any atom is 0.193 e. The first-order chi connectivity index (χ1) is 13.7. The van der Waals surface area contributed by atoms with E-state index in [2.05, 4.69) is 69.5 Å². The van der Waals surface area contributed by atoms with Gasteiger partial charge in [-0.3, -0.25) is 9.89 Å². The molecule has 1 aliphatic rings. The average Bonchev–Trinajstić information content (AvgIpc) is 2.70. The topological polar surface area (TPSA) is 56.9 Å². The highest BCUT2D eigenvalue weighted by Crippen LogP contribution is 2.10. The Hall–Kier alpha value is -2.37. The number of piperazine rings is 1. The van der Waals surface area contributed by atoms with Crippen molar-refractivity contribution in [2.75, 3.05) is 44.6 Å². The number of hydrogen-bond donors (Lipinski definition) is 2. The molecule has 0 spiro atoms. The van der Waals surface area contributed by atoms with Gasteiger partial charge in [-0.1, -0.05) is 42.5 Å². The summed E-state index contributed by atoms with van der Waals surface area (Å²) in [5.41, 5.74) is 9.60. The van der Waals surface area contributed by atoms with Crippen molar-refractivity contribution < 1.29 is 0 Å². The van der Waals surface area contributed by atoms with Gasteiger partial charge in [-0.15, -0.1) is 0 Å². The van der Waals surface area contributed by atoms with Crippen LogP contribution in [0, 0.1) is 6.92 Å². The molecule has 2 aromatic carbocycles. The quantitative estimate of drug-likeness (QED) is 0.420. The molecule has 3 N–H and O–H groups in total. The molecule has 150 valence electrons. The van der Waals surface area contributed by atoms with Crippen LogP contribution < -0.4 is 11.1 Å². The fourth-order valence-corrected chi connectivity index (χ4v) is 3.57. The molecule has 1 fully saturated rings. The Morgan fingerprint density at radius 2 is 1.71 bits per heavy atom. The predicted octanol–water partition coefficient (Wildman–Crippen LogP) is 3.32. The highest BCUT2D eigenvalue weighted by molar-refractivity contribution is 5.92. The van der Waals surface area contributed by atoms with Crippen LogP contribution in [0.3, 0.4) is 0 Å². The lowest BCUT2D eigenvalue weighted by Crippen LogP contribution is -2.46. The SMILES string of the molecule is Cc1cccc(NC(N)=NCCCCN2CCN(Cc3ccccc3)CC2)c1. The smallest absolute Gasteiger partial charge is 0.193 e. The number of nitrogens with two attached hydrogens (primary N) is 1. The van der Waals surface area contributed by atoms with Crippen LogP contribution in [0.4, 0.5) is 5.69 Å². The molecule has 5 nitrogen and oxygen atoms in total. The van der Waals surface area contributed by atoms with Crippen LogP contribution in [0.1, 0.15) is 24.0 Å². The van der Waals surface area contributed by atoms with Gasteiger partial charge in [-0.2, -0.15) is 0 Å². The number of hydrogen-bond acceptors (Lipinski definition) is 3. The molecule has 5 heteroatoms. The van der Waals surface area contributed by atoms with E-state index < -0.39 is 0 Å². The Bertz CT molecular complexity index is 736. The van der Waals surface area contributed by atoms with E-state index in [4.69, 9.17) is 5.73 Å². The minimum atomic E-state index is 0.500. The fraction of sp³-hybridized carbons (Fsp3) is 0.435. The van der Waals surface area contributed by atoms with Gasteiger partial charge in [0.15, 0.2) is 5.96 Å². The second-order valence-corrected chi connectivity index (χ2v) is 7.57. The van der Waals surface area contributed by atoms with E-state index in [0.29, 0.717) is 5.96 Å². The molecule has 1 heterocycles. The minimum Gasteiger partial charge on any atom is -0.370 e. The van der Waals surface area contributed by atoms with Crippen molar-refractivity contribution in [3.63, 3.8) is 0 Å². The molecular weight excluding hydrogens is 346 g/mol. The van der Waals surface area contributed by atoms with Crippen molar-refractivity contribution in [1.29, 1.82) is 0 Å². The van der Waals surface area contributed by atoms with Gasteiger partial charge < -0.3 is 16.0 Å². The molecule has 0 aromatic heterocycles. The van der Waals surface area contributed by atoms with E-state index in [9.17, 15) is 0 Å². The van der Waals surface area contributed by atoms with Gasteiger partial charge in [0.1, 0.15) is 0 Å². The van der Waals surface area contributed by atoms with Gasteiger partial charge in [0.05, 0.1) is 0 Å². The molecule has 0 atom stereocenters. The summed E-state index contributed by atoms with van der Waals surface area (Å²) in [5.74, 6) is 0.500. The summed E-state index contributed by atoms with van der Waals surface area (Å²) < 4.78 is 0. The lowest BCUT2D eigenvalue weighted by atomic mass is 10.2. The number of aryl methyl sites for hydroxylation is 1. The molecule has 0 unspecified atom stereocenters. The van der Waals surface area contributed by atoms with E-state index in [1.54, 1.807) is 0 Å². The summed E-state index contributed by atoms with van der Waals surface area (Å²) in [5, 5.41) is 3.16. The summed E-state index contributed by atoms with van der Waals surface area (Å²) in [6, 6.07) is 18.9. The summed E-state index contributed by atoms with van der Waals surface area (Å²) in [6.45, 7) is 9.69. The summed E-state index contributed by atoms with van der Waals surface area (Å²) in [6.07, 6.45) is 2.24. The summed E-state index contributed by atoms with van der Waals surface area (Å²) in [4.78, 5) is 9.57. The Kier molecular flexibility index (Phi) is 7.88. The third-order valence-electron chi connectivity index (χ3n) is 5.17. The molecule has 3 rings (SSSR count). The zero-order valence-corrected chi connectivity index (χ0v) is 17.0. The molecular formula is C23H33N5. The van der Waals surface area contributed by atoms with Crippen LogP contribution in [-0.2, 0) is 6.54 Å². The standard InChI is InChI=1S/C23H33N5/c1-20-8-7-11-22(18-20)26-23(24)25-12-5-6-13-27-14-16-28(17-15-27)19-21-9-3-2-4-10-21/h2-4,7-11,18H,5-6,12-17,19H2,1H3,(H3,24,25,26). The predicted molar refractivity (Wildman–Crippen MR) is 119 cm³/mol. The van der Waals surface area contributed by atoms with Gasteiger partial charge in [-0.05, 0) is 49.6 Å². The van der Waals surface area contributed by atoms with Crippen LogP contribution in [-0.4, -0.2) is 55.0 Å². The van der Waals surface area contributed by atoms with Crippen LogP contribution in [0.2, 0.25) is 0 Å². The zero-order valence-electron chi connectivity index (χ0n) is 17.0. The van der Waals surface area contributed by atoms with Crippen molar-refractivity contribution in [2.24, 2.45) is 10.7 Å². The molecule has 2 aromatic rings. The Labute approximate surface area is 169 Å². The van der Waals surface area contributed by atoms with E-state index >= 15 is 0 Å². The normalized spacial score (nSPS) is 16.2. The third-order valence-corrected chi connectivity index (χ3v) is 5.17. The van der Waals surface area contributed by atoms with E-state index in [1.807, 2.05) is 12.1 Å². The van der Waals surface area contributed by atoms with Crippen LogP contribution in [0.25, 0.3) is 0 Å². The Morgan fingerprint density at radius 1 is 0.964 bits per heavy atom. The van der Waals surface area contributed by atoms with Gasteiger partial charge >= 0.3 is 0 Å². The number of guanidine groups is 1. The van der Waals surface area contributed by atoms with Crippen molar-refractivity contribution in [3.05, 3.63) is 65.7 Å². The molecule has 0 amide bonds. The number of nitrogens with one attached hydrogen (secondary N) is 1. The van der Waals surface area contributed by atoms with Crippen LogP contribution in [0.5, 0.6) is 0 Å². The van der Waals surface area contributed by atoms with Crippen molar-refractivity contribution in [1.82, 2.24) is 9.80 Å². The van der Waals surface area contributed by atoms with Crippen molar-refractivity contribution in [2.45, 2.75) is 26.3 Å². The fourth-order valence-electron chi connectivity index (χ4n) is 3.57. The van der Waals surface area contributed by atoms with E-state index in [-0.39, 0.29) is 0 Å². The number of benzene rings is 2. The van der Waals surface area contributed by atoms with Gasteiger partial charge in [-0.25, -0.2) is 0 Å².